The molecule has 2 aromatic rings. The number of ether oxygens (including phenoxy) is 1. The van der Waals surface area contributed by atoms with Gasteiger partial charge in [0.15, 0.2) is 5.82 Å². The van der Waals surface area contributed by atoms with Gasteiger partial charge in [-0.3, -0.25) is 0 Å². The number of anilines is 2. The largest absolute Gasteiger partial charge is 0.377 e. The van der Waals surface area contributed by atoms with Crippen molar-refractivity contribution in [2.24, 2.45) is 5.84 Å². The van der Waals surface area contributed by atoms with Gasteiger partial charge in [0.25, 0.3) is 0 Å². The number of rotatable bonds is 7. The van der Waals surface area contributed by atoms with E-state index in [-0.39, 0.29) is 5.41 Å². The van der Waals surface area contributed by atoms with Crippen LogP contribution < -0.4 is 16.6 Å². The van der Waals surface area contributed by atoms with Crippen LogP contribution in [-0.4, -0.2) is 23.6 Å². The number of nitrogens with two attached hydrogens (primary N) is 1. The van der Waals surface area contributed by atoms with E-state index in [1.165, 1.54) is 4.88 Å². The van der Waals surface area contributed by atoms with Gasteiger partial charge in [-0.2, -0.15) is 0 Å². The highest BCUT2D eigenvalue weighted by Gasteiger charge is 2.21. The molecule has 0 aromatic carbocycles. The number of nitrogen functional groups attached to an aromatic ring is 1. The van der Waals surface area contributed by atoms with Gasteiger partial charge in [-0.25, -0.2) is 15.8 Å². The van der Waals surface area contributed by atoms with Gasteiger partial charge in [0, 0.05) is 30.0 Å². The van der Waals surface area contributed by atoms with E-state index in [0.29, 0.717) is 18.2 Å². The van der Waals surface area contributed by atoms with Gasteiger partial charge in [-0.05, 0) is 11.4 Å². The summed E-state index contributed by atoms with van der Waals surface area (Å²) in [5.41, 5.74) is 2.57. The van der Waals surface area contributed by atoms with Crippen molar-refractivity contribution in [2.75, 3.05) is 24.4 Å². The van der Waals surface area contributed by atoms with E-state index in [9.17, 15) is 0 Å². The van der Waals surface area contributed by atoms with E-state index < -0.39 is 0 Å². The molecule has 6 nitrogen and oxygen atoms in total. The first-order valence-corrected chi connectivity index (χ1v) is 7.54. The highest BCUT2D eigenvalue weighted by atomic mass is 32.1. The van der Waals surface area contributed by atoms with Crippen LogP contribution in [0.2, 0.25) is 0 Å². The van der Waals surface area contributed by atoms with Crippen molar-refractivity contribution in [3.63, 3.8) is 0 Å². The Bertz CT molecular complexity index is 571. The van der Waals surface area contributed by atoms with Crippen molar-refractivity contribution in [1.29, 1.82) is 0 Å². The van der Waals surface area contributed by atoms with Crippen LogP contribution in [0.25, 0.3) is 0 Å². The van der Waals surface area contributed by atoms with Crippen molar-refractivity contribution in [1.82, 2.24) is 9.97 Å². The highest BCUT2D eigenvalue weighted by Crippen LogP contribution is 2.27. The molecule has 0 spiro atoms. The summed E-state index contributed by atoms with van der Waals surface area (Å²) in [6.07, 6.45) is 0. The summed E-state index contributed by atoms with van der Waals surface area (Å²) in [6, 6.07) is 6.00. The summed E-state index contributed by atoms with van der Waals surface area (Å²) in [7, 11) is 1.61. The maximum atomic E-state index is 5.44. The minimum atomic E-state index is 0.0246. The summed E-state index contributed by atoms with van der Waals surface area (Å²) in [6.45, 7) is 5.51. The molecule has 0 radical (unpaired) electrons. The van der Waals surface area contributed by atoms with Crippen LogP contribution in [0.1, 0.15) is 24.5 Å². The van der Waals surface area contributed by atoms with Crippen molar-refractivity contribution >= 4 is 23.0 Å². The van der Waals surface area contributed by atoms with Gasteiger partial charge in [-0.15, -0.1) is 11.3 Å². The molecule has 0 saturated heterocycles. The summed E-state index contributed by atoms with van der Waals surface area (Å²) in [5, 5.41) is 5.44. The maximum Gasteiger partial charge on any atom is 0.158 e. The van der Waals surface area contributed by atoms with Crippen molar-refractivity contribution in [3.8, 4) is 0 Å². The standard InChI is InChI=1S/C14H21N5OS/c1-14(2,10-5-4-6-21-10)9-16-11-7-12(19-15)18-13(17-11)8-20-3/h4-7H,8-9,15H2,1-3H3,(H2,16,17,18,19). The summed E-state index contributed by atoms with van der Waals surface area (Å²) in [4.78, 5) is 9.97. The van der Waals surface area contributed by atoms with Crippen LogP contribution in [0.3, 0.4) is 0 Å². The molecule has 0 atom stereocenters. The topological polar surface area (TPSA) is 85.1 Å². The molecule has 2 heterocycles. The fourth-order valence-corrected chi connectivity index (χ4v) is 2.77. The number of hydrogen-bond donors (Lipinski definition) is 3. The first-order chi connectivity index (χ1) is 10.0. The fraction of sp³-hybridized carbons (Fsp3) is 0.429. The van der Waals surface area contributed by atoms with Gasteiger partial charge in [0.05, 0.1) is 0 Å². The Morgan fingerprint density at radius 3 is 2.71 bits per heavy atom. The Kier molecular flexibility index (Phi) is 5.11. The van der Waals surface area contributed by atoms with Gasteiger partial charge >= 0.3 is 0 Å². The molecule has 4 N–H and O–H groups in total. The second kappa shape index (κ2) is 6.84. The number of hydrazine groups is 1. The van der Waals surface area contributed by atoms with Crippen LogP contribution in [0, 0.1) is 0 Å². The van der Waals surface area contributed by atoms with Gasteiger partial charge in [-0.1, -0.05) is 19.9 Å². The number of thiophene rings is 1. The zero-order chi connectivity index (χ0) is 15.3. The Morgan fingerprint density at radius 2 is 2.10 bits per heavy atom. The fourth-order valence-electron chi connectivity index (χ4n) is 1.92. The monoisotopic (exact) mass is 307 g/mol. The number of hydrogen-bond acceptors (Lipinski definition) is 7. The van der Waals surface area contributed by atoms with Crippen LogP contribution in [0.5, 0.6) is 0 Å². The quantitative estimate of drug-likeness (QED) is 0.538. The average molecular weight is 307 g/mol. The summed E-state index contributed by atoms with van der Waals surface area (Å²) < 4.78 is 5.07. The van der Waals surface area contributed by atoms with Crippen molar-refractivity contribution < 1.29 is 4.74 Å². The second-order valence-electron chi connectivity index (χ2n) is 5.35. The number of nitrogens with zero attached hydrogens (tertiary/aromatic N) is 2. The van der Waals surface area contributed by atoms with Crippen LogP contribution in [0.4, 0.5) is 11.6 Å². The zero-order valence-electron chi connectivity index (χ0n) is 12.5. The smallest absolute Gasteiger partial charge is 0.158 e. The molecule has 114 valence electrons. The van der Waals surface area contributed by atoms with Gasteiger partial charge in [0.2, 0.25) is 0 Å². The lowest BCUT2D eigenvalue weighted by Gasteiger charge is -2.24. The number of nitrogens with one attached hydrogen (secondary N) is 2. The maximum absolute atomic E-state index is 5.44. The minimum absolute atomic E-state index is 0.0246. The molecule has 0 fully saturated rings. The van der Waals surface area contributed by atoms with Gasteiger partial charge in [0.1, 0.15) is 18.2 Å². The Hall–Kier alpha value is -1.70. The number of methoxy groups -OCH3 is 1. The predicted molar refractivity (Wildman–Crippen MR) is 86.4 cm³/mol. The third-order valence-corrected chi connectivity index (χ3v) is 4.33. The molecule has 2 aromatic heterocycles. The van der Waals surface area contributed by atoms with Crippen LogP contribution in [0.15, 0.2) is 23.6 Å². The number of aromatic nitrogens is 2. The van der Waals surface area contributed by atoms with Crippen LogP contribution >= 0.6 is 11.3 Å². The van der Waals surface area contributed by atoms with E-state index >= 15 is 0 Å². The van der Waals surface area contributed by atoms with E-state index in [1.54, 1.807) is 24.5 Å². The molecule has 2 rings (SSSR count). The van der Waals surface area contributed by atoms with E-state index in [2.05, 4.69) is 52.1 Å². The van der Waals surface area contributed by atoms with E-state index in [0.717, 1.165) is 12.4 Å². The molecule has 0 bridgehead atoms. The Labute approximate surface area is 128 Å². The third-order valence-electron chi connectivity index (χ3n) is 3.09. The molecular formula is C14H21N5OS. The molecular weight excluding hydrogens is 286 g/mol. The van der Waals surface area contributed by atoms with Crippen LogP contribution in [-0.2, 0) is 16.8 Å². The normalized spacial score (nSPS) is 11.4. The van der Waals surface area contributed by atoms with Crippen molar-refractivity contribution in [3.05, 3.63) is 34.3 Å². The predicted octanol–water partition coefficient (Wildman–Crippen LogP) is 2.36. The molecule has 0 amide bonds. The second-order valence-corrected chi connectivity index (χ2v) is 6.29. The first kappa shape index (κ1) is 15.7. The van der Waals surface area contributed by atoms with Gasteiger partial charge < -0.3 is 15.5 Å². The molecule has 7 heteroatoms. The molecule has 0 aliphatic rings. The Morgan fingerprint density at radius 1 is 1.33 bits per heavy atom. The molecule has 21 heavy (non-hydrogen) atoms. The zero-order valence-corrected chi connectivity index (χ0v) is 13.3. The molecule has 0 aliphatic heterocycles. The molecule has 0 unspecified atom stereocenters. The Balaban J connectivity index is 2.10. The van der Waals surface area contributed by atoms with E-state index in [1.807, 2.05) is 0 Å². The first-order valence-electron chi connectivity index (χ1n) is 6.66. The lowest BCUT2D eigenvalue weighted by molar-refractivity contribution is 0.178. The van der Waals surface area contributed by atoms with Crippen molar-refractivity contribution in [2.45, 2.75) is 25.9 Å². The molecule has 0 saturated carbocycles. The lowest BCUT2D eigenvalue weighted by Crippen LogP contribution is -2.27. The summed E-state index contributed by atoms with van der Waals surface area (Å²) in [5.74, 6) is 7.32. The summed E-state index contributed by atoms with van der Waals surface area (Å²) >= 11 is 1.76. The average Bonchev–Trinajstić information content (AvgIpc) is 3.00. The SMILES string of the molecule is COCc1nc(NN)cc(NCC(C)(C)c2cccs2)n1. The third kappa shape index (κ3) is 4.13. The highest BCUT2D eigenvalue weighted by molar-refractivity contribution is 7.10. The lowest BCUT2D eigenvalue weighted by atomic mass is 9.91. The molecule has 0 aliphatic carbocycles. The van der Waals surface area contributed by atoms with E-state index in [4.69, 9.17) is 10.6 Å². The minimum Gasteiger partial charge on any atom is -0.377 e.